The number of piperidine rings is 1. The molecule has 8 nitrogen and oxygen atoms in total. The largest absolute Gasteiger partial charge is 0.511 e. The molecule has 12 heteroatoms. The summed E-state index contributed by atoms with van der Waals surface area (Å²) in [4.78, 5) is 16.5. The summed E-state index contributed by atoms with van der Waals surface area (Å²) < 4.78 is 69.9. The van der Waals surface area contributed by atoms with Gasteiger partial charge in [-0.25, -0.2) is 17.9 Å². The summed E-state index contributed by atoms with van der Waals surface area (Å²) in [6.45, 7) is 2.65. The van der Waals surface area contributed by atoms with E-state index in [9.17, 15) is 31.5 Å². The van der Waals surface area contributed by atoms with Gasteiger partial charge in [0.05, 0.1) is 12.7 Å². The van der Waals surface area contributed by atoms with Gasteiger partial charge in [0.25, 0.3) is 0 Å². The van der Waals surface area contributed by atoms with Crippen LogP contribution < -0.4 is 9.46 Å². The number of carboxylic acids is 1. The first kappa shape index (κ1) is 26.0. The number of hydrogen-bond acceptors (Lipinski definition) is 5. The van der Waals surface area contributed by atoms with Crippen molar-refractivity contribution < 1.29 is 36.2 Å². The van der Waals surface area contributed by atoms with Gasteiger partial charge >= 0.3 is 21.5 Å². The highest BCUT2D eigenvalue weighted by Gasteiger charge is 2.47. The van der Waals surface area contributed by atoms with Crippen molar-refractivity contribution in [2.45, 2.75) is 43.9 Å². The summed E-state index contributed by atoms with van der Waals surface area (Å²) in [5.41, 5.74) is -1.83. The number of nitrogens with one attached hydrogen (secondary N) is 2. The van der Waals surface area contributed by atoms with Crippen molar-refractivity contribution >= 4 is 26.9 Å². The number of ether oxygens (including phenoxy) is 1. The first-order chi connectivity index (χ1) is 16.9. The van der Waals surface area contributed by atoms with Crippen molar-refractivity contribution in [3.8, 4) is 5.75 Å². The zero-order chi connectivity index (χ0) is 26.3. The van der Waals surface area contributed by atoms with Crippen molar-refractivity contribution in [3.63, 3.8) is 0 Å². The van der Waals surface area contributed by atoms with E-state index in [4.69, 9.17) is 4.74 Å². The van der Waals surface area contributed by atoms with E-state index in [0.29, 0.717) is 24.4 Å². The lowest BCUT2D eigenvalue weighted by Crippen LogP contribution is -2.49. The molecule has 1 saturated heterocycles. The lowest BCUT2D eigenvalue weighted by Gasteiger charge is -2.40. The molecule has 2 aromatic carbocycles. The average molecular weight is 526 g/mol. The van der Waals surface area contributed by atoms with Crippen LogP contribution in [-0.2, 0) is 16.6 Å². The van der Waals surface area contributed by atoms with Crippen LogP contribution in [0.25, 0.3) is 10.9 Å². The van der Waals surface area contributed by atoms with Crippen LogP contribution >= 0.6 is 0 Å². The Labute approximate surface area is 206 Å². The predicted molar refractivity (Wildman–Crippen MR) is 127 cm³/mol. The standard InChI is InChI=1S/C24H26F3N3O5S/c1-14-11-21(35-2)19(18-7-9-28-22(14)18)13-30-10-8-17(29-36(33,34)24(25,26)27)12-20(30)15-3-5-16(6-4-15)23(31)32/h3-7,9,11,17,20,28-29H,8,10,12-13H2,1-2H3,(H,31,32)/t17-,20-/m0/s1. The molecule has 2 atom stereocenters. The molecule has 3 aromatic rings. The Kier molecular flexibility index (Phi) is 7.04. The molecule has 0 radical (unpaired) electrons. The number of aromatic carboxylic acids is 1. The minimum atomic E-state index is -5.50. The Morgan fingerprint density at radius 1 is 1.25 bits per heavy atom. The van der Waals surface area contributed by atoms with E-state index in [1.165, 1.54) is 12.1 Å². The maximum Gasteiger partial charge on any atom is 0.511 e. The molecule has 4 rings (SSSR count). The van der Waals surface area contributed by atoms with Crippen molar-refractivity contribution in [2.75, 3.05) is 13.7 Å². The molecule has 194 valence electrons. The highest BCUT2D eigenvalue weighted by atomic mass is 32.2. The summed E-state index contributed by atoms with van der Waals surface area (Å²) in [5, 5.41) is 10.2. The monoisotopic (exact) mass is 525 g/mol. The first-order valence-electron chi connectivity index (χ1n) is 11.2. The molecule has 1 aromatic heterocycles. The van der Waals surface area contributed by atoms with E-state index in [0.717, 1.165) is 22.0 Å². The quantitative estimate of drug-likeness (QED) is 0.424. The fourth-order valence-electron chi connectivity index (χ4n) is 4.78. The molecule has 36 heavy (non-hydrogen) atoms. The second kappa shape index (κ2) is 9.75. The summed E-state index contributed by atoms with van der Waals surface area (Å²) >= 11 is 0. The topological polar surface area (TPSA) is 112 Å². The number of alkyl halides is 3. The number of carbonyl (C=O) groups is 1. The maximum atomic E-state index is 13.0. The number of carboxylic acid groups (broad SMARTS) is 1. The van der Waals surface area contributed by atoms with Crippen LogP contribution in [0.1, 0.15) is 45.9 Å². The van der Waals surface area contributed by atoms with Crippen molar-refractivity contribution in [3.05, 3.63) is 64.8 Å². The number of methoxy groups -OCH3 is 1. The van der Waals surface area contributed by atoms with Crippen LogP contribution in [-0.4, -0.2) is 54.6 Å². The Morgan fingerprint density at radius 3 is 2.56 bits per heavy atom. The number of sulfonamides is 1. The van der Waals surface area contributed by atoms with E-state index in [-0.39, 0.29) is 18.4 Å². The first-order valence-corrected chi connectivity index (χ1v) is 12.7. The van der Waals surface area contributed by atoms with E-state index in [1.807, 2.05) is 30.2 Å². The molecular formula is C24H26F3N3O5S. The van der Waals surface area contributed by atoms with Gasteiger partial charge in [-0.2, -0.15) is 13.2 Å². The van der Waals surface area contributed by atoms with Crippen LogP contribution in [0.4, 0.5) is 13.2 Å². The predicted octanol–water partition coefficient (Wildman–Crippen LogP) is 4.33. The molecule has 0 amide bonds. The number of likely N-dealkylation sites (tertiary alicyclic amines) is 1. The Morgan fingerprint density at radius 2 is 1.94 bits per heavy atom. The van der Waals surface area contributed by atoms with Gasteiger partial charge in [0, 0.05) is 47.8 Å². The fourth-order valence-corrected chi connectivity index (χ4v) is 5.56. The van der Waals surface area contributed by atoms with E-state index < -0.39 is 33.6 Å². The van der Waals surface area contributed by atoms with Gasteiger partial charge in [-0.3, -0.25) is 4.90 Å². The minimum Gasteiger partial charge on any atom is -0.496 e. The zero-order valence-corrected chi connectivity index (χ0v) is 20.4. The van der Waals surface area contributed by atoms with Crippen LogP contribution in [0.2, 0.25) is 0 Å². The van der Waals surface area contributed by atoms with Crippen LogP contribution in [0.15, 0.2) is 42.6 Å². The molecule has 0 unspecified atom stereocenters. The molecule has 1 aliphatic rings. The van der Waals surface area contributed by atoms with Gasteiger partial charge in [0.2, 0.25) is 0 Å². The number of nitrogens with zero attached hydrogens (tertiary/aromatic N) is 1. The van der Waals surface area contributed by atoms with E-state index >= 15 is 0 Å². The van der Waals surface area contributed by atoms with Gasteiger partial charge in [-0.1, -0.05) is 12.1 Å². The number of aromatic nitrogens is 1. The van der Waals surface area contributed by atoms with Gasteiger partial charge < -0.3 is 14.8 Å². The van der Waals surface area contributed by atoms with Crippen LogP contribution in [0.5, 0.6) is 5.75 Å². The molecular weight excluding hydrogens is 499 g/mol. The number of benzene rings is 2. The smallest absolute Gasteiger partial charge is 0.496 e. The molecule has 0 spiro atoms. The Hall–Kier alpha value is -3.09. The van der Waals surface area contributed by atoms with Crippen molar-refractivity contribution in [1.29, 1.82) is 0 Å². The summed E-state index contributed by atoms with van der Waals surface area (Å²) in [6.07, 6.45) is 2.07. The molecule has 0 saturated carbocycles. The summed E-state index contributed by atoms with van der Waals surface area (Å²) in [6, 6.07) is 8.51. The van der Waals surface area contributed by atoms with Gasteiger partial charge in [0.1, 0.15) is 5.75 Å². The number of halogens is 3. The van der Waals surface area contributed by atoms with E-state index in [2.05, 4.69) is 4.98 Å². The number of rotatable bonds is 7. The number of aromatic amines is 1. The Bertz CT molecular complexity index is 1370. The average Bonchev–Trinajstić information content (AvgIpc) is 3.31. The molecule has 1 aliphatic heterocycles. The molecule has 0 aliphatic carbocycles. The van der Waals surface area contributed by atoms with Crippen LogP contribution in [0.3, 0.4) is 0 Å². The van der Waals surface area contributed by atoms with Crippen LogP contribution in [0, 0.1) is 6.92 Å². The van der Waals surface area contributed by atoms with Gasteiger partial charge in [-0.05, 0) is 55.2 Å². The second-order valence-electron chi connectivity index (χ2n) is 8.84. The molecule has 0 bridgehead atoms. The Balaban J connectivity index is 1.69. The third-order valence-corrected chi connectivity index (χ3v) is 7.83. The SMILES string of the molecule is COc1cc(C)c2[nH]ccc2c1CN1CC[C@H](NS(=O)(=O)C(F)(F)F)C[C@H]1c1ccc(C(=O)O)cc1. The lowest BCUT2D eigenvalue weighted by molar-refractivity contribution is -0.0454. The second-order valence-corrected chi connectivity index (χ2v) is 10.5. The molecule has 1 fully saturated rings. The summed E-state index contributed by atoms with van der Waals surface area (Å²) in [7, 11) is -3.94. The van der Waals surface area contributed by atoms with Gasteiger partial charge in [-0.15, -0.1) is 0 Å². The van der Waals surface area contributed by atoms with Crippen molar-refractivity contribution in [2.24, 2.45) is 0 Å². The third kappa shape index (κ3) is 5.06. The highest BCUT2D eigenvalue weighted by molar-refractivity contribution is 7.90. The number of fused-ring (bicyclic) bond motifs is 1. The minimum absolute atomic E-state index is 0.0738. The lowest BCUT2D eigenvalue weighted by atomic mass is 9.91. The number of H-pyrrole nitrogens is 1. The van der Waals surface area contributed by atoms with Crippen molar-refractivity contribution in [1.82, 2.24) is 14.6 Å². The highest BCUT2D eigenvalue weighted by Crippen LogP contribution is 2.38. The van der Waals surface area contributed by atoms with Gasteiger partial charge in [0.15, 0.2) is 0 Å². The maximum absolute atomic E-state index is 13.0. The third-order valence-electron chi connectivity index (χ3n) is 6.57. The number of aryl methyl sites for hydroxylation is 1. The number of hydrogen-bond donors (Lipinski definition) is 3. The normalized spacial score (nSPS) is 19.5. The summed E-state index contributed by atoms with van der Waals surface area (Å²) in [5.74, 6) is -0.434. The molecule has 2 heterocycles. The fraction of sp³-hybridized carbons (Fsp3) is 0.375. The molecule has 3 N–H and O–H groups in total. The zero-order valence-electron chi connectivity index (χ0n) is 19.6. The van der Waals surface area contributed by atoms with E-state index in [1.54, 1.807) is 24.0 Å².